The van der Waals surface area contributed by atoms with Crippen molar-refractivity contribution >= 4 is 22.8 Å². The number of nitrogens with one attached hydrogen (secondary N) is 1. The molecular weight excluding hydrogens is 356 g/mol. The summed E-state index contributed by atoms with van der Waals surface area (Å²) in [5.74, 6) is 1.02. The first kappa shape index (κ1) is 18.2. The van der Waals surface area contributed by atoms with Crippen LogP contribution in [0.2, 0.25) is 0 Å². The first-order valence-corrected chi connectivity index (χ1v) is 9.57. The van der Waals surface area contributed by atoms with Gasteiger partial charge in [-0.3, -0.25) is 4.79 Å². The second-order valence-corrected chi connectivity index (χ2v) is 6.87. The molecule has 146 valence electrons. The average molecular weight is 380 g/mol. The maximum Gasteiger partial charge on any atom is 0.321 e. The van der Waals surface area contributed by atoms with Crippen LogP contribution >= 0.6 is 0 Å². The Morgan fingerprint density at radius 1 is 1.11 bits per heavy atom. The van der Waals surface area contributed by atoms with Gasteiger partial charge in [-0.1, -0.05) is 18.2 Å². The minimum Gasteiger partial charge on any atom is -0.467 e. The summed E-state index contributed by atoms with van der Waals surface area (Å²) >= 11 is 0. The van der Waals surface area contributed by atoms with Gasteiger partial charge in [-0.25, -0.2) is 0 Å². The molecule has 0 saturated carbocycles. The second kappa shape index (κ2) is 8.24. The van der Waals surface area contributed by atoms with Crippen molar-refractivity contribution in [2.24, 2.45) is 0 Å². The number of para-hydroxylation sites is 1. The molecule has 3 aromatic rings. The van der Waals surface area contributed by atoms with Crippen LogP contribution in [0.1, 0.15) is 25.1 Å². The fraction of sp³-hybridized carbons (Fsp3) is 0.400. The summed E-state index contributed by atoms with van der Waals surface area (Å²) in [6, 6.07) is 10.3. The summed E-state index contributed by atoms with van der Waals surface area (Å²) in [6.07, 6.45) is 5.41. The minimum absolute atomic E-state index is 0.0970. The molecule has 1 fully saturated rings. The number of rotatable bonds is 6. The summed E-state index contributed by atoms with van der Waals surface area (Å²) < 4.78 is 7.15. The molecule has 8 heteroatoms. The Morgan fingerprint density at radius 2 is 1.93 bits per heavy atom. The molecule has 0 atom stereocenters. The Morgan fingerprint density at radius 3 is 2.75 bits per heavy atom. The van der Waals surface area contributed by atoms with Crippen molar-refractivity contribution in [1.29, 1.82) is 0 Å². The van der Waals surface area contributed by atoms with Crippen LogP contribution in [0.4, 0.5) is 5.95 Å². The molecule has 1 saturated heterocycles. The predicted octanol–water partition coefficient (Wildman–Crippen LogP) is 2.14. The fourth-order valence-corrected chi connectivity index (χ4v) is 3.46. The van der Waals surface area contributed by atoms with Gasteiger partial charge in [0.25, 0.3) is 0 Å². The molecule has 0 aliphatic carbocycles. The number of amides is 1. The number of aromatic nitrogens is 4. The van der Waals surface area contributed by atoms with Gasteiger partial charge >= 0.3 is 6.01 Å². The van der Waals surface area contributed by atoms with Crippen molar-refractivity contribution in [3.63, 3.8) is 0 Å². The smallest absolute Gasteiger partial charge is 0.321 e. The highest BCUT2D eigenvalue weighted by atomic mass is 16.5. The number of ether oxygens (including phenoxy) is 1. The number of carbonyl (C=O) groups is 1. The first-order valence-electron chi connectivity index (χ1n) is 9.57. The normalized spacial score (nSPS) is 14.2. The molecule has 2 aromatic heterocycles. The van der Waals surface area contributed by atoms with E-state index in [0.717, 1.165) is 36.8 Å². The Bertz CT molecular complexity index is 964. The Kier molecular flexibility index (Phi) is 5.36. The maximum atomic E-state index is 12.4. The van der Waals surface area contributed by atoms with Gasteiger partial charge < -0.3 is 19.5 Å². The Balaban J connectivity index is 1.42. The number of hydrogen-bond acceptors (Lipinski definition) is 6. The van der Waals surface area contributed by atoms with E-state index in [-0.39, 0.29) is 25.0 Å². The van der Waals surface area contributed by atoms with Crippen LogP contribution in [0.5, 0.6) is 6.01 Å². The van der Waals surface area contributed by atoms with Crippen molar-refractivity contribution in [2.75, 3.05) is 25.1 Å². The SMILES string of the molecule is COc1nc(CNC(=O)Cn2ccc3ccccc32)nc(N2CCCCC2)n1. The van der Waals surface area contributed by atoms with E-state index >= 15 is 0 Å². The lowest BCUT2D eigenvalue weighted by atomic mass is 10.1. The number of carbonyl (C=O) groups excluding carboxylic acids is 1. The largest absolute Gasteiger partial charge is 0.467 e. The van der Waals surface area contributed by atoms with Gasteiger partial charge in [-0.2, -0.15) is 15.0 Å². The lowest BCUT2D eigenvalue weighted by Crippen LogP contribution is -2.32. The zero-order chi connectivity index (χ0) is 19.3. The number of anilines is 1. The predicted molar refractivity (Wildman–Crippen MR) is 106 cm³/mol. The summed E-state index contributed by atoms with van der Waals surface area (Å²) in [4.78, 5) is 27.7. The summed E-state index contributed by atoms with van der Waals surface area (Å²) in [6.45, 7) is 2.34. The summed E-state index contributed by atoms with van der Waals surface area (Å²) in [5.41, 5.74) is 1.03. The van der Waals surface area contributed by atoms with E-state index in [9.17, 15) is 4.79 Å². The monoisotopic (exact) mass is 380 g/mol. The summed E-state index contributed by atoms with van der Waals surface area (Å²) in [5, 5.41) is 4.01. The molecule has 28 heavy (non-hydrogen) atoms. The molecule has 1 N–H and O–H groups in total. The number of piperidine rings is 1. The third-order valence-electron chi connectivity index (χ3n) is 4.91. The van der Waals surface area contributed by atoms with Gasteiger partial charge in [0, 0.05) is 24.8 Å². The van der Waals surface area contributed by atoms with Crippen molar-refractivity contribution in [2.45, 2.75) is 32.4 Å². The zero-order valence-corrected chi connectivity index (χ0v) is 16.0. The number of fused-ring (bicyclic) bond motifs is 1. The number of methoxy groups -OCH3 is 1. The lowest BCUT2D eigenvalue weighted by Gasteiger charge is -2.26. The summed E-state index contributed by atoms with van der Waals surface area (Å²) in [7, 11) is 1.54. The van der Waals surface area contributed by atoms with Crippen molar-refractivity contribution in [1.82, 2.24) is 24.8 Å². The average Bonchev–Trinajstić information content (AvgIpc) is 3.15. The zero-order valence-electron chi connectivity index (χ0n) is 16.0. The van der Waals surface area contributed by atoms with Gasteiger partial charge in [0.15, 0.2) is 5.82 Å². The highest BCUT2D eigenvalue weighted by molar-refractivity contribution is 5.83. The quantitative estimate of drug-likeness (QED) is 0.705. The van der Waals surface area contributed by atoms with Crippen molar-refractivity contribution in [3.05, 3.63) is 42.4 Å². The van der Waals surface area contributed by atoms with E-state index in [4.69, 9.17) is 4.74 Å². The standard InChI is InChI=1S/C20H24N6O2/c1-28-20-23-17(22-19(24-20)25-10-5-2-6-11-25)13-21-18(27)14-26-12-9-15-7-3-4-8-16(15)26/h3-4,7-9,12H,2,5-6,10-11,13-14H2,1H3,(H,21,27). The van der Waals surface area contributed by atoms with Crippen LogP contribution in [0, 0.1) is 0 Å². The third kappa shape index (κ3) is 4.05. The van der Waals surface area contributed by atoms with Crippen molar-refractivity contribution < 1.29 is 9.53 Å². The second-order valence-electron chi connectivity index (χ2n) is 6.87. The van der Waals surface area contributed by atoms with Crippen LogP contribution in [0.3, 0.4) is 0 Å². The van der Waals surface area contributed by atoms with Crippen LogP contribution < -0.4 is 15.0 Å². The van der Waals surface area contributed by atoms with E-state index in [1.165, 1.54) is 13.5 Å². The van der Waals surface area contributed by atoms with E-state index in [0.29, 0.717) is 11.8 Å². The van der Waals surface area contributed by atoms with E-state index in [1.807, 2.05) is 41.1 Å². The molecule has 4 rings (SSSR count). The van der Waals surface area contributed by atoms with Gasteiger partial charge in [-0.15, -0.1) is 0 Å². The number of benzene rings is 1. The van der Waals surface area contributed by atoms with Crippen LogP contribution in [0.25, 0.3) is 10.9 Å². The molecule has 1 amide bonds. The molecule has 8 nitrogen and oxygen atoms in total. The van der Waals surface area contributed by atoms with E-state index in [1.54, 1.807) is 0 Å². The molecular formula is C20H24N6O2. The molecule has 1 aromatic carbocycles. The topological polar surface area (TPSA) is 85.2 Å². The molecule has 0 unspecified atom stereocenters. The molecule has 0 bridgehead atoms. The molecule has 3 heterocycles. The Hall–Kier alpha value is -3.16. The van der Waals surface area contributed by atoms with Crippen LogP contribution in [-0.2, 0) is 17.9 Å². The third-order valence-corrected chi connectivity index (χ3v) is 4.91. The van der Waals surface area contributed by atoms with Gasteiger partial charge in [0.2, 0.25) is 11.9 Å². The fourth-order valence-electron chi connectivity index (χ4n) is 3.46. The molecule has 0 radical (unpaired) electrons. The highest BCUT2D eigenvalue weighted by Crippen LogP contribution is 2.18. The molecule has 1 aliphatic heterocycles. The Labute approximate surface area is 163 Å². The maximum absolute atomic E-state index is 12.4. The molecule has 1 aliphatic rings. The van der Waals surface area contributed by atoms with Gasteiger partial charge in [0.1, 0.15) is 6.54 Å². The van der Waals surface area contributed by atoms with Crippen molar-refractivity contribution in [3.8, 4) is 6.01 Å². The first-order chi connectivity index (χ1) is 13.7. The highest BCUT2D eigenvalue weighted by Gasteiger charge is 2.17. The lowest BCUT2D eigenvalue weighted by molar-refractivity contribution is -0.121. The number of nitrogens with zero attached hydrogens (tertiary/aromatic N) is 5. The van der Waals surface area contributed by atoms with Gasteiger partial charge in [0.05, 0.1) is 13.7 Å². The van der Waals surface area contributed by atoms with Crippen LogP contribution in [-0.4, -0.2) is 45.6 Å². The van der Waals surface area contributed by atoms with E-state index < -0.39 is 0 Å². The van der Waals surface area contributed by atoms with Crippen LogP contribution in [0.15, 0.2) is 36.5 Å². The number of hydrogen-bond donors (Lipinski definition) is 1. The van der Waals surface area contributed by atoms with Gasteiger partial charge in [-0.05, 0) is 36.8 Å². The molecule has 0 spiro atoms. The minimum atomic E-state index is -0.0970. The van der Waals surface area contributed by atoms with E-state index in [2.05, 4.69) is 25.2 Å².